The molecule has 1 aromatic rings. The van der Waals surface area contributed by atoms with Crippen molar-refractivity contribution in [3.8, 4) is 5.75 Å². The van der Waals surface area contributed by atoms with Crippen molar-refractivity contribution >= 4 is 5.97 Å². The Morgan fingerprint density at radius 3 is 2.71 bits per heavy atom. The maximum atomic E-state index is 11.9. The molecule has 1 rings (SSSR count). The highest BCUT2D eigenvalue weighted by atomic mass is 16.5. The van der Waals surface area contributed by atoms with E-state index in [1.54, 1.807) is 19.1 Å². The third-order valence-corrected chi connectivity index (χ3v) is 3.28. The van der Waals surface area contributed by atoms with Crippen LogP contribution in [0.4, 0.5) is 0 Å². The average Bonchev–Trinajstić information content (AvgIpc) is 2.50. The number of phenolic OH excluding ortho intramolecular Hbond substituents is 1. The van der Waals surface area contributed by atoms with Crippen molar-refractivity contribution in [2.24, 2.45) is 5.11 Å². The standard InChI is InChI=1S/C14H20N4O3/c1-14(13(20)21-2,16-9-10-17-18-15)8-7-11-3-5-12(19)6-4-11/h3-6,16,19H,7-10H2,1-2H3. The summed E-state index contributed by atoms with van der Waals surface area (Å²) in [5.74, 6) is -0.149. The lowest BCUT2D eigenvalue weighted by Crippen LogP contribution is -2.51. The van der Waals surface area contributed by atoms with Gasteiger partial charge >= 0.3 is 5.97 Å². The van der Waals surface area contributed by atoms with Crippen LogP contribution in [0.1, 0.15) is 18.9 Å². The van der Waals surface area contributed by atoms with Gasteiger partial charge < -0.3 is 15.2 Å². The maximum Gasteiger partial charge on any atom is 0.325 e. The molecule has 0 aromatic heterocycles. The van der Waals surface area contributed by atoms with Crippen LogP contribution >= 0.6 is 0 Å². The molecule has 21 heavy (non-hydrogen) atoms. The second-order valence-electron chi connectivity index (χ2n) is 4.87. The minimum atomic E-state index is -0.850. The van der Waals surface area contributed by atoms with E-state index in [0.717, 1.165) is 5.56 Å². The molecule has 0 radical (unpaired) electrons. The van der Waals surface area contributed by atoms with E-state index < -0.39 is 5.54 Å². The number of nitrogens with one attached hydrogen (secondary N) is 1. The number of hydrogen-bond donors (Lipinski definition) is 2. The van der Waals surface area contributed by atoms with Crippen LogP contribution in [0, 0.1) is 0 Å². The number of benzene rings is 1. The molecule has 0 aliphatic heterocycles. The molecule has 0 saturated heterocycles. The predicted octanol–water partition coefficient (Wildman–Crippen LogP) is 2.16. The zero-order valence-electron chi connectivity index (χ0n) is 12.2. The fourth-order valence-electron chi connectivity index (χ4n) is 1.97. The number of azide groups is 1. The van der Waals surface area contributed by atoms with Gasteiger partial charge in [-0.3, -0.25) is 4.79 Å². The maximum absolute atomic E-state index is 11.9. The van der Waals surface area contributed by atoms with Crippen LogP contribution in [0.5, 0.6) is 5.75 Å². The van der Waals surface area contributed by atoms with Gasteiger partial charge in [0, 0.05) is 18.0 Å². The first-order valence-electron chi connectivity index (χ1n) is 6.64. The molecule has 2 N–H and O–H groups in total. The van der Waals surface area contributed by atoms with Crippen LogP contribution in [0.3, 0.4) is 0 Å². The minimum absolute atomic E-state index is 0.210. The molecule has 1 aromatic carbocycles. The monoisotopic (exact) mass is 292 g/mol. The highest BCUT2D eigenvalue weighted by molar-refractivity contribution is 5.80. The Labute approximate surface area is 123 Å². The van der Waals surface area contributed by atoms with Gasteiger partial charge in [-0.05, 0) is 43.0 Å². The van der Waals surface area contributed by atoms with Crippen LogP contribution < -0.4 is 5.32 Å². The first kappa shape index (κ1) is 16.8. The average molecular weight is 292 g/mol. The van der Waals surface area contributed by atoms with E-state index in [2.05, 4.69) is 15.3 Å². The molecular formula is C14H20N4O3. The highest BCUT2D eigenvalue weighted by Gasteiger charge is 2.33. The fourth-order valence-corrected chi connectivity index (χ4v) is 1.97. The van der Waals surface area contributed by atoms with Crippen LogP contribution in [-0.2, 0) is 16.0 Å². The molecule has 0 fully saturated rings. The van der Waals surface area contributed by atoms with Gasteiger partial charge in [0.1, 0.15) is 11.3 Å². The van der Waals surface area contributed by atoms with Crippen LogP contribution in [0.2, 0.25) is 0 Å². The van der Waals surface area contributed by atoms with Gasteiger partial charge in [0.05, 0.1) is 7.11 Å². The van der Waals surface area contributed by atoms with Crippen LogP contribution in [0.15, 0.2) is 29.4 Å². The lowest BCUT2D eigenvalue weighted by atomic mass is 9.93. The van der Waals surface area contributed by atoms with Gasteiger partial charge in [-0.15, -0.1) is 0 Å². The second-order valence-corrected chi connectivity index (χ2v) is 4.87. The number of rotatable bonds is 8. The number of hydrogen-bond acceptors (Lipinski definition) is 5. The van der Waals surface area contributed by atoms with Crippen molar-refractivity contribution in [1.82, 2.24) is 5.32 Å². The zero-order valence-corrected chi connectivity index (χ0v) is 12.2. The van der Waals surface area contributed by atoms with E-state index in [9.17, 15) is 9.90 Å². The van der Waals surface area contributed by atoms with Gasteiger partial charge in [0.2, 0.25) is 0 Å². The Bertz CT molecular complexity index is 511. The predicted molar refractivity (Wildman–Crippen MR) is 78.9 cm³/mol. The van der Waals surface area contributed by atoms with E-state index in [1.807, 2.05) is 12.1 Å². The number of methoxy groups -OCH3 is 1. The van der Waals surface area contributed by atoms with E-state index in [-0.39, 0.29) is 18.3 Å². The normalized spacial score (nSPS) is 13.0. The van der Waals surface area contributed by atoms with Crippen molar-refractivity contribution in [3.63, 3.8) is 0 Å². The van der Waals surface area contributed by atoms with Gasteiger partial charge in [0.15, 0.2) is 0 Å². The molecular weight excluding hydrogens is 272 g/mol. The van der Waals surface area contributed by atoms with Gasteiger partial charge in [-0.25, -0.2) is 0 Å². The summed E-state index contributed by atoms with van der Waals surface area (Å²) in [5.41, 5.74) is 8.41. The highest BCUT2D eigenvalue weighted by Crippen LogP contribution is 2.18. The molecule has 7 heteroatoms. The summed E-state index contributed by atoms with van der Waals surface area (Å²) >= 11 is 0. The number of esters is 1. The quantitative estimate of drug-likeness (QED) is 0.251. The third-order valence-electron chi connectivity index (χ3n) is 3.28. The number of ether oxygens (including phenoxy) is 1. The van der Waals surface area contributed by atoms with E-state index in [0.29, 0.717) is 19.4 Å². The Kier molecular flexibility index (Phi) is 6.52. The van der Waals surface area contributed by atoms with E-state index in [4.69, 9.17) is 10.3 Å². The van der Waals surface area contributed by atoms with Crippen molar-refractivity contribution < 1.29 is 14.6 Å². The summed E-state index contributed by atoms with van der Waals surface area (Å²) in [6.07, 6.45) is 1.18. The summed E-state index contributed by atoms with van der Waals surface area (Å²) in [5, 5.41) is 15.8. The fraction of sp³-hybridized carbons (Fsp3) is 0.500. The second kappa shape index (κ2) is 8.14. The molecule has 0 aliphatic rings. The van der Waals surface area contributed by atoms with Crippen molar-refractivity contribution in [1.29, 1.82) is 0 Å². The molecule has 114 valence electrons. The summed E-state index contributed by atoms with van der Waals surface area (Å²) in [6, 6.07) is 6.85. The summed E-state index contributed by atoms with van der Waals surface area (Å²) in [4.78, 5) is 14.6. The van der Waals surface area contributed by atoms with Crippen LogP contribution in [0.25, 0.3) is 10.4 Å². The van der Waals surface area contributed by atoms with Crippen molar-refractivity contribution in [2.45, 2.75) is 25.3 Å². The Morgan fingerprint density at radius 1 is 1.48 bits per heavy atom. The number of carbonyl (C=O) groups excluding carboxylic acids is 1. The van der Waals surface area contributed by atoms with E-state index in [1.165, 1.54) is 7.11 Å². The first-order valence-corrected chi connectivity index (χ1v) is 6.64. The smallest absolute Gasteiger partial charge is 0.325 e. The van der Waals surface area contributed by atoms with Crippen molar-refractivity contribution in [2.75, 3.05) is 20.2 Å². The Morgan fingerprint density at radius 2 is 2.14 bits per heavy atom. The Balaban J connectivity index is 2.65. The number of carbonyl (C=O) groups is 1. The SMILES string of the molecule is COC(=O)C(C)(CCc1ccc(O)cc1)NCCN=[N+]=[N-]. The summed E-state index contributed by atoms with van der Waals surface area (Å²) < 4.78 is 4.84. The number of aromatic hydroxyl groups is 1. The topological polar surface area (TPSA) is 107 Å². The molecule has 0 saturated carbocycles. The molecule has 1 atom stereocenters. The lowest BCUT2D eigenvalue weighted by Gasteiger charge is -2.28. The Hall–Kier alpha value is -2.24. The number of nitrogens with zero attached hydrogens (tertiary/aromatic N) is 3. The molecule has 1 unspecified atom stereocenters. The largest absolute Gasteiger partial charge is 0.508 e. The third kappa shape index (κ3) is 5.33. The molecule has 0 heterocycles. The van der Waals surface area contributed by atoms with Gasteiger partial charge in [-0.1, -0.05) is 17.2 Å². The van der Waals surface area contributed by atoms with Gasteiger partial charge in [-0.2, -0.15) is 0 Å². The number of aryl methyl sites for hydroxylation is 1. The van der Waals surface area contributed by atoms with E-state index >= 15 is 0 Å². The summed E-state index contributed by atoms with van der Waals surface area (Å²) in [6.45, 7) is 2.42. The lowest BCUT2D eigenvalue weighted by molar-refractivity contribution is -0.148. The molecule has 0 amide bonds. The molecule has 7 nitrogen and oxygen atoms in total. The first-order chi connectivity index (χ1) is 10.0. The van der Waals surface area contributed by atoms with Crippen molar-refractivity contribution in [3.05, 3.63) is 40.3 Å². The zero-order chi connectivity index (χ0) is 15.7. The molecule has 0 spiro atoms. The number of phenols is 1. The molecule has 0 bridgehead atoms. The molecule has 0 aliphatic carbocycles. The summed E-state index contributed by atoms with van der Waals surface area (Å²) in [7, 11) is 1.34. The van der Waals surface area contributed by atoms with Gasteiger partial charge in [0.25, 0.3) is 0 Å². The minimum Gasteiger partial charge on any atom is -0.508 e. The van der Waals surface area contributed by atoms with Crippen LogP contribution in [-0.4, -0.2) is 36.8 Å².